The number of benzene rings is 2. The number of piperazine rings is 1. The highest BCUT2D eigenvalue weighted by atomic mass is 32.2. The minimum absolute atomic E-state index is 0.0283. The lowest BCUT2D eigenvalue weighted by Crippen LogP contribution is -2.44. The van der Waals surface area contributed by atoms with Gasteiger partial charge in [0.15, 0.2) is 0 Å². The van der Waals surface area contributed by atoms with Crippen molar-refractivity contribution in [2.75, 3.05) is 43.9 Å². The van der Waals surface area contributed by atoms with E-state index in [4.69, 9.17) is 0 Å². The third kappa shape index (κ3) is 5.97. The molecule has 2 aromatic carbocycles. The van der Waals surface area contributed by atoms with Gasteiger partial charge in [-0.1, -0.05) is 30.3 Å². The van der Waals surface area contributed by atoms with Crippen LogP contribution in [-0.4, -0.2) is 49.8 Å². The van der Waals surface area contributed by atoms with Crippen molar-refractivity contribution in [2.45, 2.75) is 12.3 Å². The summed E-state index contributed by atoms with van der Waals surface area (Å²) >= 11 is 1.42. The summed E-state index contributed by atoms with van der Waals surface area (Å²) in [5.41, 5.74) is 2.95. The van der Waals surface area contributed by atoms with Gasteiger partial charge in [0.25, 0.3) is 0 Å². The zero-order valence-corrected chi connectivity index (χ0v) is 16.5. The van der Waals surface area contributed by atoms with Crippen LogP contribution in [-0.2, 0) is 17.1 Å². The Kier molecular flexibility index (Phi) is 7.12. The summed E-state index contributed by atoms with van der Waals surface area (Å²) in [6, 6.07) is 15.1. The number of rotatable bonds is 7. The van der Waals surface area contributed by atoms with Crippen molar-refractivity contribution in [3.8, 4) is 0 Å². The first-order chi connectivity index (χ1) is 13.1. The molecule has 0 aromatic heterocycles. The molecule has 0 radical (unpaired) electrons. The van der Waals surface area contributed by atoms with Crippen molar-refractivity contribution in [1.82, 2.24) is 10.2 Å². The zero-order valence-electron chi connectivity index (χ0n) is 15.7. The minimum Gasteiger partial charge on any atom is -0.369 e. The standard InChI is InChI=1S/C21H26FN3OS/c1-24-10-12-25(13-11-24)19-8-6-17(7-9-19)14-23-21(26)16-27-15-18-4-2-3-5-20(18)22/h2-9H,10-16H2,1H3,(H,23,26). The van der Waals surface area contributed by atoms with Gasteiger partial charge in [-0.3, -0.25) is 4.79 Å². The SMILES string of the molecule is CN1CCN(c2ccc(CNC(=O)CSCc3ccccc3F)cc2)CC1. The Hall–Kier alpha value is -2.05. The molecule has 0 unspecified atom stereocenters. The number of nitrogens with zero attached hydrogens (tertiary/aromatic N) is 2. The maximum atomic E-state index is 13.6. The van der Waals surface area contributed by atoms with E-state index in [1.807, 2.05) is 6.07 Å². The highest BCUT2D eigenvalue weighted by molar-refractivity contribution is 7.99. The lowest BCUT2D eigenvalue weighted by Gasteiger charge is -2.34. The van der Waals surface area contributed by atoms with Crippen molar-refractivity contribution in [3.05, 3.63) is 65.5 Å². The fourth-order valence-electron chi connectivity index (χ4n) is 3.01. The average molecular weight is 388 g/mol. The minimum atomic E-state index is -0.217. The summed E-state index contributed by atoms with van der Waals surface area (Å²) in [5, 5.41) is 2.93. The monoisotopic (exact) mass is 387 g/mol. The second-order valence-corrected chi connectivity index (χ2v) is 7.80. The topological polar surface area (TPSA) is 35.6 Å². The molecule has 2 aromatic rings. The molecule has 1 aliphatic heterocycles. The van der Waals surface area contributed by atoms with E-state index in [1.54, 1.807) is 12.1 Å². The molecule has 3 rings (SSSR count). The fraction of sp³-hybridized carbons (Fsp3) is 0.381. The smallest absolute Gasteiger partial charge is 0.230 e. The van der Waals surface area contributed by atoms with Crippen LogP contribution in [0.5, 0.6) is 0 Å². The summed E-state index contributed by atoms with van der Waals surface area (Å²) in [5.74, 6) is 0.582. The summed E-state index contributed by atoms with van der Waals surface area (Å²) in [6.07, 6.45) is 0. The number of thioether (sulfide) groups is 1. The first-order valence-electron chi connectivity index (χ1n) is 9.22. The Morgan fingerprint density at radius 3 is 2.48 bits per heavy atom. The fourth-order valence-corrected chi connectivity index (χ4v) is 3.85. The molecular formula is C21H26FN3OS. The van der Waals surface area contributed by atoms with Gasteiger partial charge in [0.2, 0.25) is 5.91 Å². The van der Waals surface area contributed by atoms with Crippen molar-refractivity contribution < 1.29 is 9.18 Å². The van der Waals surface area contributed by atoms with Gasteiger partial charge < -0.3 is 15.1 Å². The van der Waals surface area contributed by atoms with Crippen LogP contribution in [0.15, 0.2) is 48.5 Å². The van der Waals surface area contributed by atoms with Gasteiger partial charge in [0, 0.05) is 44.2 Å². The van der Waals surface area contributed by atoms with E-state index in [2.05, 4.69) is 46.4 Å². The van der Waals surface area contributed by atoms with Gasteiger partial charge >= 0.3 is 0 Å². The third-order valence-electron chi connectivity index (χ3n) is 4.74. The Bertz CT molecular complexity index is 745. The molecule has 1 N–H and O–H groups in total. The number of carbonyl (C=O) groups is 1. The molecule has 1 fully saturated rings. The number of anilines is 1. The summed E-state index contributed by atoms with van der Waals surface area (Å²) < 4.78 is 13.6. The molecule has 0 spiro atoms. The van der Waals surface area contributed by atoms with Gasteiger partial charge in [0.1, 0.15) is 5.82 Å². The maximum absolute atomic E-state index is 13.6. The van der Waals surface area contributed by atoms with Crippen LogP contribution in [0.25, 0.3) is 0 Å². The highest BCUT2D eigenvalue weighted by Gasteiger charge is 2.14. The highest BCUT2D eigenvalue weighted by Crippen LogP contribution is 2.17. The first kappa shape index (κ1) is 19.7. The van der Waals surface area contributed by atoms with Crippen LogP contribution >= 0.6 is 11.8 Å². The van der Waals surface area contributed by atoms with Gasteiger partial charge in [-0.2, -0.15) is 0 Å². The second kappa shape index (κ2) is 9.76. The van der Waals surface area contributed by atoms with Crippen LogP contribution < -0.4 is 10.2 Å². The molecule has 0 bridgehead atoms. The van der Waals surface area contributed by atoms with Crippen molar-refractivity contribution in [1.29, 1.82) is 0 Å². The largest absolute Gasteiger partial charge is 0.369 e. The number of nitrogens with one attached hydrogen (secondary N) is 1. The van der Waals surface area contributed by atoms with Crippen LogP contribution in [0.1, 0.15) is 11.1 Å². The number of amides is 1. The average Bonchev–Trinajstić information content (AvgIpc) is 2.69. The number of hydrogen-bond donors (Lipinski definition) is 1. The lowest BCUT2D eigenvalue weighted by atomic mass is 10.2. The van der Waals surface area contributed by atoms with Crippen molar-refractivity contribution in [2.24, 2.45) is 0 Å². The van der Waals surface area contributed by atoms with Gasteiger partial charge in [-0.25, -0.2) is 4.39 Å². The van der Waals surface area contributed by atoms with Gasteiger partial charge in [0.05, 0.1) is 5.75 Å². The number of hydrogen-bond acceptors (Lipinski definition) is 4. The lowest BCUT2D eigenvalue weighted by molar-refractivity contribution is -0.118. The Morgan fingerprint density at radius 2 is 1.78 bits per heavy atom. The molecule has 1 heterocycles. The van der Waals surface area contributed by atoms with Crippen LogP contribution in [0.2, 0.25) is 0 Å². The molecule has 0 aliphatic carbocycles. The van der Waals surface area contributed by atoms with E-state index < -0.39 is 0 Å². The second-order valence-electron chi connectivity index (χ2n) is 6.82. The Labute approximate surface area is 164 Å². The normalized spacial score (nSPS) is 15.0. The van der Waals surface area contributed by atoms with E-state index in [-0.39, 0.29) is 11.7 Å². The molecule has 144 valence electrons. The molecular weight excluding hydrogens is 361 g/mol. The molecule has 1 amide bonds. The first-order valence-corrected chi connectivity index (χ1v) is 10.4. The quantitative estimate of drug-likeness (QED) is 0.792. The summed E-state index contributed by atoms with van der Waals surface area (Å²) in [4.78, 5) is 16.7. The van der Waals surface area contributed by atoms with Crippen molar-refractivity contribution in [3.63, 3.8) is 0 Å². The van der Waals surface area contributed by atoms with E-state index in [9.17, 15) is 9.18 Å². The van der Waals surface area contributed by atoms with Crippen LogP contribution in [0.4, 0.5) is 10.1 Å². The predicted octanol–water partition coefficient (Wildman–Crippen LogP) is 3.13. The van der Waals surface area contributed by atoms with Crippen molar-refractivity contribution >= 4 is 23.4 Å². The third-order valence-corrected chi connectivity index (χ3v) is 5.72. The van der Waals surface area contributed by atoms with E-state index in [0.717, 1.165) is 31.7 Å². The van der Waals surface area contributed by atoms with Crippen LogP contribution in [0.3, 0.4) is 0 Å². The summed E-state index contributed by atoms with van der Waals surface area (Å²) in [7, 11) is 2.15. The van der Waals surface area contributed by atoms with E-state index >= 15 is 0 Å². The number of halogens is 1. The van der Waals surface area contributed by atoms with Gasteiger partial charge in [-0.15, -0.1) is 11.8 Å². The van der Waals surface area contributed by atoms with Gasteiger partial charge in [-0.05, 0) is 36.4 Å². The molecule has 6 heteroatoms. The maximum Gasteiger partial charge on any atom is 0.230 e. The van der Waals surface area contributed by atoms with E-state index in [1.165, 1.54) is 23.5 Å². The number of carbonyl (C=O) groups excluding carboxylic acids is 1. The van der Waals surface area contributed by atoms with E-state index in [0.29, 0.717) is 23.6 Å². The molecule has 0 saturated carbocycles. The molecule has 27 heavy (non-hydrogen) atoms. The molecule has 1 aliphatic rings. The Balaban J connectivity index is 1.39. The number of likely N-dealkylation sites (N-methyl/N-ethyl adjacent to an activating group) is 1. The predicted molar refractivity (Wildman–Crippen MR) is 111 cm³/mol. The summed E-state index contributed by atoms with van der Waals surface area (Å²) in [6.45, 7) is 4.78. The molecule has 4 nitrogen and oxygen atoms in total. The zero-order chi connectivity index (χ0) is 19.1. The Morgan fingerprint density at radius 1 is 1.07 bits per heavy atom. The molecule has 1 saturated heterocycles. The van der Waals surface area contributed by atoms with Crippen LogP contribution in [0, 0.1) is 5.82 Å². The molecule has 0 atom stereocenters.